The monoisotopic (exact) mass is 377 g/mol. The van der Waals surface area contributed by atoms with Gasteiger partial charge in [-0.3, -0.25) is 4.90 Å². The van der Waals surface area contributed by atoms with E-state index in [1.165, 1.54) is 13.0 Å². The Kier molecular flexibility index (Phi) is 3.58. The number of aliphatic hydroxyl groups excluding tert-OH is 1. The lowest BCUT2D eigenvalue weighted by Gasteiger charge is -2.67. The van der Waals surface area contributed by atoms with Crippen LogP contribution in [0, 0.1) is 40.9 Å². The Balaban J connectivity index is 1.57. The predicted molar refractivity (Wildman–Crippen MR) is 100 cm³/mol. The number of likely N-dealkylation sites (tertiary alicyclic amines) is 1. The maximum Gasteiger partial charge on any atom is 0.0771 e. The summed E-state index contributed by atoms with van der Waals surface area (Å²) in [6.45, 7) is 4.52. The molecule has 12 atom stereocenters. The maximum atomic E-state index is 12.2. The molecule has 0 aromatic heterocycles. The molecule has 5 heteroatoms. The van der Waals surface area contributed by atoms with Gasteiger partial charge in [0.05, 0.1) is 23.9 Å². The van der Waals surface area contributed by atoms with E-state index in [0.717, 1.165) is 31.7 Å². The van der Waals surface area contributed by atoms with Crippen molar-refractivity contribution in [2.75, 3.05) is 27.3 Å². The zero-order valence-corrected chi connectivity index (χ0v) is 16.9. The van der Waals surface area contributed by atoms with Crippen molar-refractivity contribution in [2.24, 2.45) is 40.9 Å². The average Bonchev–Trinajstić information content (AvgIpc) is 3.06. The number of hydrogen-bond donors (Lipinski definition) is 2. The number of hydrogen-bond acceptors (Lipinski definition) is 5. The lowest BCUT2D eigenvalue weighted by Crippen LogP contribution is -2.74. The first-order chi connectivity index (χ1) is 13.0. The van der Waals surface area contributed by atoms with Crippen molar-refractivity contribution in [3.8, 4) is 0 Å². The van der Waals surface area contributed by atoms with Crippen LogP contribution in [0.25, 0.3) is 0 Å². The molecule has 6 aliphatic rings. The van der Waals surface area contributed by atoms with Gasteiger partial charge in [-0.25, -0.2) is 0 Å². The highest BCUT2D eigenvalue weighted by Gasteiger charge is 2.81. The zero-order valence-electron chi connectivity index (χ0n) is 16.9. The SMILES string of the molecule is CCN1C[C@@H]2CCC(OC)C34C5C[C@@H]6[C@@H](OC)C[C@@](O)(C5[C@H]6O)C(CC23)[C@H]14. The van der Waals surface area contributed by atoms with Gasteiger partial charge in [-0.2, -0.15) is 0 Å². The van der Waals surface area contributed by atoms with Crippen molar-refractivity contribution in [1.82, 2.24) is 4.90 Å². The normalized spacial score (nSPS) is 63.4. The first-order valence-electron chi connectivity index (χ1n) is 11.2. The molecule has 2 N–H and O–H groups in total. The quantitative estimate of drug-likeness (QED) is 0.781. The third-order valence-corrected chi connectivity index (χ3v) is 10.5. The molecular weight excluding hydrogens is 342 g/mol. The second-order valence-electron chi connectivity index (χ2n) is 10.5. The van der Waals surface area contributed by atoms with Gasteiger partial charge < -0.3 is 19.7 Å². The van der Waals surface area contributed by atoms with Gasteiger partial charge in [0.1, 0.15) is 0 Å². The number of nitrogens with zero attached hydrogens (tertiary/aromatic N) is 1. The molecule has 152 valence electrons. The van der Waals surface area contributed by atoms with Gasteiger partial charge in [0.25, 0.3) is 0 Å². The van der Waals surface area contributed by atoms with E-state index in [-0.39, 0.29) is 35.4 Å². The first kappa shape index (κ1) is 17.6. The summed E-state index contributed by atoms with van der Waals surface area (Å²) < 4.78 is 12.1. The number of aliphatic hydroxyl groups is 2. The highest BCUT2D eigenvalue weighted by molar-refractivity contribution is 5.31. The minimum Gasteiger partial charge on any atom is -0.392 e. The molecule has 1 spiro atoms. The summed E-state index contributed by atoms with van der Waals surface area (Å²) in [4.78, 5) is 2.69. The van der Waals surface area contributed by atoms with Gasteiger partial charge in [0, 0.05) is 56.4 Å². The van der Waals surface area contributed by atoms with Crippen LogP contribution in [0.4, 0.5) is 0 Å². The van der Waals surface area contributed by atoms with Crippen molar-refractivity contribution >= 4 is 0 Å². The van der Waals surface area contributed by atoms with Crippen LogP contribution in [0.2, 0.25) is 0 Å². The molecule has 0 amide bonds. The molecule has 1 heterocycles. The Morgan fingerprint density at radius 1 is 1.07 bits per heavy atom. The molecule has 0 aromatic carbocycles. The molecule has 0 aromatic rings. The van der Waals surface area contributed by atoms with Crippen LogP contribution in [-0.4, -0.2) is 72.4 Å². The van der Waals surface area contributed by atoms with Crippen LogP contribution < -0.4 is 0 Å². The number of fused-ring (bicyclic) bond motifs is 2. The predicted octanol–water partition coefficient (Wildman–Crippen LogP) is 1.51. The fourth-order valence-corrected chi connectivity index (χ4v) is 9.96. The summed E-state index contributed by atoms with van der Waals surface area (Å²) in [7, 11) is 3.65. The van der Waals surface area contributed by atoms with Crippen LogP contribution in [0.15, 0.2) is 0 Å². The van der Waals surface area contributed by atoms with E-state index < -0.39 is 11.7 Å². The summed E-state index contributed by atoms with van der Waals surface area (Å²) in [5, 5.41) is 23.5. The second kappa shape index (κ2) is 5.48. The highest BCUT2D eigenvalue weighted by Crippen LogP contribution is 2.77. The van der Waals surface area contributed by atoms with E-state index in [9.17, 15) is 10.2 Å². The number of ether oxygens (including phenoxy) is 2. The Morgan fingerprint density at radius 3 is 2.59 bits per heavy atom. The largest absolute Gasteiger partial charge is 0.392 e. The molecule has 1 saturated heterocycles. The van der Waals surface area contributed by atoms with E-state index >= 15 is 0 Å². The Morgan fingerprint density at radius 2 is 1.89 bits per heavy atom. The van der Waals surface area contributed by atoms with E-state index in [0.29, 0.717) is 24.3 Å². The first-order valence-corrected chi connectivity index (χ1v) is 11.2. The zero-order chi connectivity index (χ0) is 18.7. The molecule has 1 aliphatic heterocycles. The van der Waals surface area contributed by atoms with Crippen LogP contribution >= 0.6 is 0 Å². The molecule has 7 bridgehead atoms. The van der Waals surface area contributed by atoms with E-state index in [2.05, 4.69) is 11.8 Å². The molecular formula is C22H35NO4. The minimum atomic E-state index is -0.786. The van der Waals surface area contributed by atoms with Crippen molar-refractivity contribution in [3.63, 3.8) is 0 Å². The molecule has 5 nitrogen and oxygen atoms in total. The van der Waals surface area contributed by atoms with E-state index in [1.54, 1.807) is 7.11 Å². The Labute approximate surface area is 162 Å². The summed E-state index contributed by atoms with van der Waals surface area (Å²) in [6.07, 6.45) is 5.04. The van der Waals surface area contributed by atoms with Crippen molar-refractivity contribution in [2.45, 2.75) is 69.0 Å². The van der Waals surface area contributed by atoms with E-state index in [4.69, 9.17) is 9.47 Å². The molecule has 5 saturated carbocycles. The van der Waals surface area contributed by atoms with Gasteiger partial charge in [-0.05, 0) is 50.0 Å². The Bertz CT molecular complexity index is 644. The minimum absolute atomic E-state index is 0.00774. The van der Waals surface area contributed by atoms with Gasteiger partial charge >= 0.3 is 0 Å². The van der Waals surface area contributed by atoms with E-state index in [1.807, 2.05) is 7.11 Å². The fraction of sp³-hybridized carbons (Fsp3) is 1.00. The van der Waals surface area contributed by atoms with Crippen LogP contribution in [-0.2, 0) is 9.47 Å². The van der Waals surface area contributed by atoms with Gasteiger partial charge in [-0.15, -0.1) is 0 Å². The standard InChI is InChI=1S/C22H35NO4/c1-4-23-10-11-5-6-17(27-3)22-13(11)8-15(20(22)23)21(25)9-16(26-2)12-7-14(22)18(21)19(12)24/h11-20,24-25H,4-10H2,1-3H3/t11-,12+,13?,14?,15?,16-,17?,18?,19-,20-,21-,22?/m0/s1. The fourth-order valence-electron chi connectivity index (χ4n) is 9.96. The maximum absolute atomic E-state index is 12.2. The third-order valence-electron chi connectivity index (χ3n) is 10.5. The van der Waals surface area contributed by atoms with Gasteiger partial charge in [0.2, 0.25) is 0 Å². The topological polar surface area (TPSA) is 62.2 Å². The molecule has 5 aliphatic carbocycles. The van der Waals surface area contributed by atoms with Gasteiger partial charge in [0.15, 0.2) is 0 Å². The highest BCUT2D eigenvalue weighted by atomic mass is 16.5. The summed E-state index contributed by atoms with van der Waals surface area (Å²) in [5.74, 6) is 2.17. The summed E-state index contributed by atoms with van der Waals surface area (Å²) >= 11 is 0. The molecule has 6 fully saturated rings. The summed E-state index contributed by atoms with van der Waals surface area (Å²) in [5.41, 5.74) is -0.669. The molecule has 27 heavy (non-hydrogen) atoms. The Hall–Kier alpha value is -0.200. The third kappa shape index (κ3) is 1.73. The number of methoxy groups -OCH3 is 2. The summed E-state index contributed by atoms with van der Waals surface area (Å²) in [6, 6.07) is 0.404. The lowest BCUT2D eigenvalue weighted by molar-refractivity contribution is -0.259. The average molecular weight is 378 g/mol. The van der Waals surface area contributed by atoms with Crippen molar-refractivity contribution < 1.29 is 19.7 Å². The number of rotatable bonds is 3. The molecule has 0 radical (unpaired) electrons. The van der Waals surface area contributed by atoms with Crippen LogP contribution in [0.1, 0.15) is 39.0 Å². The smallest absolute Gasteiger partial charge is 0.0771 e. The lowest BCUT2D eigenvalue weighted by atomic mass is 9.46. The van der Waals surface area contributed by atoms with Crippen molar-refractivity contribution in [1.29, 1.82) is 0 Å². The molecule has 6 unspecified atom stereocenters. The van der Waals surface area contributed by atoms with Crippen LogP contribution in [0.5, 0.6) is 0 Å². The second-order valence-corrected chi connectivity index (χ2v) is 10.5. The van der Waals surface area contributed by atoms with Gasteiger partial charge in [-0.1, -0.05) is 6.92 Å². The van der Waals surface area contributed by atoms with Crippen LogP contribution in [0.3, 0.4) is 0 Å². The molecule has 6 rings (SSSR count). The van der Waals surface area contributed by atoms with Crippen molar-refractivity contribution in [3.05, 3.63) is 0 Å². The number of piperidine rings is 1.